The number of carbonyl (C=O) groups excluding carboxylic acids is 1. The van der Waals surface area contributed by atoms with E-state index < -0.39 is 0 Å². The lowest BCUT2D eigenvalue weighted by atomic mass is 10.1. The number of rotatable bonds is 6. The van der Waals surface area contributed by atoms with Crippen LogP contribution in [0.5, 0.6) is 0 Å². The van der Waals surface area contributed by atoms with Crippen LogP contribution in [-0.2, 0) is 17.6 Å². The molecule has 0 aliphatic carbocycles. The van der Waals surface area contributed by atoms with E-state index in [1.807, 2.05) is 30.3 Å². The summed E-state index contributed by atoms with van der Waals surface area (Å²) < 4.78 is 2.28. The molecule has 1 amide bonds. The summed E-state index contributed by atoms with van der Waals surface area (Å²) in [7, 11) is 0. The monoisotopic (exact) mass is 555 g/mol. The molecule has 4 aromatic carbocycles. The third-order valence-corrected chi connectivity index (χ3v) is 8.71. The lowest BCUT2D eigenvalue weighted by Crippen LogP contribution is -2.28. The van der Waals surface area contributed by atoms with Gasteiger partial charge >= 0.3 is 0 Å². The summed E-state index contributed by atoms with van der Waals surface area (Å²) in [4.78, 5) is 21.3. The standard InChI is InChI=1S/C36H33N3OS/c1-5-26-14-18-30(19-15-26)37-36-39(31-20-16-27(6-2)17-21-31)35(40)34(41-36)23-29-22-24(3)38(25(29)4)33-13-9-11-28-10-7-8-12-32(28)33/h7-23H,5-6H2,1-4H3/b34-23-,37-36?. The molecule has 5 heteroatoms. The molecule has 0 N–H and O–H groups in total. The highest BCUT2D eigenvalue weighted by molar-refractivity contribution is 8.19. The Morgan fingerprint density at radius 2 is 1.46 bits per heavy atom. The van der Waals surface area contributed by atoms with E-state index >= 15 is 0 Å². The smallest absolute Gasteiger partial charge is 0.271 e. The first kappa shape index (κ1) is 26.9. The van der Waals surface area contributed by atoms with Crippen LogP contribution in [0.2, 0.25) is 0 Å². The molecule has 0 spiro atoms. The molecule has 41 heavy (non-hydrogen) atoms. The van der Waals surface area contributed by atoms with E-state index in [9.17, 15) is 4.79 Å². The summed E-state index contributed by atoms with van der Waals surface area (Å²) in [6.45, 7) is 8.52. The van der Waals surface area contributed by atoms with Crippen LogP contribution >= 0.6 is 11.8 Å². The largest absolute Gasteiger partial charge is 0.317 e. The van der Waals surface area contributed by atoms with Crippen LogP contribution < -0.4 is 4.90 Å². The van der Waals surface area contributed by atoms with Gasteiger partial charge in [-0.3, -0.25) is 9.69 Å². The van der Waals surface area contributed by atoms with Crippen molar-refractivity contribution in [3.63, 3.8) is 0 Å². The van der Waals surface area contributed by atoms with Crippen molar-refractivity contribution in [2.24, 2.45) is 4.99 Å². The SMILES string of the molecule is CCc1ccc(N=C2S/C(=C\c3cc(C)n(-c4cccc5ccccc45)c3C)C(=O)N2c2ccc(CC)cc2)cc1. The van der Waals surface area contributed by atoms with Gasteiger partial charge in [0.2, 0.25) is 0 Å². The predicted octanol–water partition coefficient (Wildman–Crippen LogP) is 9.18. The van der Waals surface area contributed by atoms with E-state index in [-0.39, 0.29) is 5.91 Å². The zero-order valence-corrected chi connectivity index (χ0v) is 24.7. The molecule has 204 valence electrons. The highest BCUT2D eigenvalue weighted by Gasteiger charge is 2.35. The molecule has 0 saturated carbocycles. The topological polar surface area (TPSA) is 37.6 Å². The molecule has 0 bridgehead atoms. The van der Waals surface area contributed by atoms with Crippen molar-refractivity contribution in [1.82, 2.24) is 4.57 Å². The number of aryl methyl sites for hydroxylation is 3. The second-order valence-electron chi connectivity index (χ2n) is 10.3. The van der Waals surface area contributed by atoms with Crippen LogP contribution in [-0.4, -0.2) is 15.6 Å². The fraction of sp³-hybridized carbons (Fsp3) is 0.167. The number of amides is 1. The highest BCUT2D eigenvalue weighted by Crippen LogP contribution is 2.38. The van der Waals surface area contributed by atoms with E-state index in [0.717, 1.165) is 46.9 Å². The summed E-state index contributed by atoms with van der Waals surface area (Å²) in [6.07, 6.45) is 3.95. The number of aromatic nitrogens is 1. The Balaban J connectivity index is 1.42. The lowest BCUT2D eigenvalue weighted by Gasteiger charge is -2.16. The summed E-state index contributed by atoms with van der Waals surface area (Å²) in [5, 5.41) is 3.07. The van der Waals surface area contributed by atoms with Crippen molar-refractivity contribution in [1.29, 1.82) is 0 Å². The molecule has 1 aromatic heterocycles. The molecule has 4 nitrogen and oxygen atoms in total. The van der Waals surface area contributed by atoms with Crippen LogP contribution in [0.3, 0.4) is 0 Å². The number of amidine groups is 1. The van der Waals surface area contributed by atoms with Gasteiger partial charge in [0.15, 0.2) is 5.17 Å². The minimum atomic E-state index is -0.0573. The molecular weight excluding hydrogens is 522 g/mol. The summed E-state index contributed by atoms with van der Waals surface area (Å²) in [5.74, 6) is -0.0573. The second kappa shape index (κ2) is 11.3. The Labute approximate surface area is 246 Å². The second-order valence-corrected chi connectivity index (χ2v) is 11.4. The Kier molecular flexibility index (Phi) is 7.38. The van der Waals surface area contributed by atoms with Crippen LogP contribution in [0.25, 0.3) is 22.5 Å². The van der Waals surface area contributed by atoms with Crippen LogP contribution in [0, 0.1) is 13.8 Å². The fourth-order valence-corrected chi connectivity index (χ4v) is 6.41. The molecule has 1 saturated heterocycles. The highest BCUT2D eigenvalue weighted by atomic mass is 32.2. The predicted molar refractivity (Wildman–Crippen MR) is 175 cm³/mol. The van der Waals surface area contributed by atoms with Gasteiger partial charge in [0, 0.05) is 16.8 Å². The number of carbonyl (C=O) groups is 1. The Hall–Kier alpha value is -4.35. The number of thioether (sulfide) groups is 1. The Morgan fingerprint density at radius 3 is 2.17 bits per heavy atom. The molecule has 1 aliphatic heterocycles. The first-order chi connectivity index (χ1) is 20.0. The van der Waals surface area contributed by atoms with Gasteiger partial charge in [0.05, 0.1) is 22.0 Å². The molecule has 1 aliphatic rings. The van der Waals surface area contributed by atoms with E-state index in [1.165, 1.54) is 33.7 Å². The first-order valence-electron chi connectivity index (χ1n) is 14.1. The first-order valence-corrected chi connectivity index (χ1v) is 15.0. The van der Waals surface area contributed by atoms with Crippen molar-refractivity contribution in [2.75, 3.05) is 4.90 Å². The van der Waals surface area contributed by atoms with Crippen molar-refractivity contribution in [3.05, 3.63) is 130 Å². The maximum absolute atomic E-state index is 14.0. The molecule has 0 radical (unpaired) electrons. The van der Waals surface area contributed by atoms with Gasteiger partial charge in [-0.05, 0) is 103 Å². The Bertz CT molecular complexity index is 1810. The van der Waals surface area contributed by atoms with Gasteiger partial charge in [-0.2, -0.15) is 0 Å². The zero-order chi connectivity index (χ0) is 28.5. The minimum Gasteiger partial charge on any atom is -0.317 e. The van der Waals surface area contributed by atoms with Crippen LogP contribution in [0.4, 0.5) is 11.4 Å². The van der Waals surface area contributed by atoms with Crippen LogP contribution in [0.15, 0.2) is 107 Å². The number of fused-ring (bicyclic) bond motifs is 1. The summed E-state index contributed by atoms with van der Waals surface area (Å²) in [6, 6.07) is 33.5. The lowest BCUT2D eigenvalue weighted by molar-refractivity contribution is -0.113. The number of nitrogens with zero attached hydrogens (tertiary/aromatic N) is 3. The quantitative estimate of drug-likeness (QED) is 0.196. The molecule has 2 heterocycles. The van der Waals surface area contributed by atoms with E-state index in [1.54, 1.807) is 4.90 Å². The van der Waals surface area contributed by atoms with Crippen molar-refractivity contribution in [3.8, 4) is 5.69 Å². The van der Waals surface area contributed by atoms with Gasteiger partial charge in [0.25, 0.3) is 5.91 Å². The minimum absolute atomic E-state index is 0.0573. The number of benzene rings is 4. The number of anilines is 1. The zero-order valence-electron chi connectivity index (χ0n) is 23.9. The van der Waals surface area contributed by atoms with E-state index in [4.69, 9.17) is 4.99 Å². The van der Waals surface area contributed by atoms with Crippen LogP contribution in [0.1, 0.15) is 41.9 Å². The average Bonchev–Trinajstić information content (AvgIpc) is 3.46. The summed E-state index contributed by atoms with van der Waals surface area (Å²) in [5.41, 5.74) is 8.55. The third-order valence-electron chi connectivity index (χ3n) is 7.74. The van der Waals surface area contributed by atoms with Gasteiger partial charge in [-0.15, -0.1) is 0 Å². The molecule has 6 rings (SSSR count). The summed E-state index contributed by atoms with van der Waals surface area (Å²) >= 11 is 1.43. The molecule has 0 atom stereocenters. The normalized spacial score (nSPS) is 15.5. The van der Waals surface area contributed by atoms with Gasteiger partial charge in [0.1, 0.15) is 0 Å². The van der Waals surface area contributed by atoms with Crippen molar-refractivity contribution >= 4 is 51.1 Å². The molecule has 0 unspecified atom stereocenters. The molecule has 5 aromatic rings. The fourth-order valence-electron chi connectivity index (χ4n) is 5.42. The Morgan fingerprint density at radius 1 is 0.805 bits per heavy atom. The molecular formula is C36H33N3OS. The molecule has 1 fully saturated rings. The van der Waals surface area contributed by atoms with Gasteiger partial charge < -0.3 is 4.57 Å². The average molecular weight is 556 g/mol. The van der Waals surface area contributed by atoms with Gasteiger partial charge in [-0.25, -0.2) is 4.99 Å². The van der Waals surface area contributed by atoms with Crippen molar-refractivity contribution in [2.45, 2.75) is 40.5 Å². The maximum Gasteiger partial charge on any atom is 0.271 e. The number of hydrogen-bond acceptors (Lipinski definition) is 3. The maximum atomic E-state index is 14.0. The van der Waals surface area contributed by atoms with Crippen molar-refractivity contribution < 1.29 is 4.79 Å². The van der Waals surface area contributed by atoms with Gasteiger partial charge in [-0.1, -0.05) is 74.5 Å². The third kappa shape index (κ3) is 5.14. The number of aliphatic imine (C=N–C) groups is 1. The van der Waals surface area contributed by atoms with E-state index in [0.29, 0.717) is 10.1 Å². The number of hydrogen-bond donors (Lipinski definition) is 0. The van der Waals surface area contributed by atoms with E-state index in [2.05, 4.69) is 105 Å².